The van der Waals surface area contributed by atoms with Gasteiger partial charge in [-0.05, 0) is 54.1 Å². The highest BCUT2D eigenvalue weighted by Gasteiger charge is 2.25. The molecule has 10 nitrogen and oxygen atoms in total. The standard InChI is InChI=1S/C30H23N5O5/c1-19-10-13-21(14-11-19)32-26-16-27(29(35(39)40)17-28(26)34(37)38)33-25-9-5-4-8-24(25)31-18-23-22-7-3-2-6-20(22)12-15-30(23)36/h2-18,32-33,36H,1H3. The van der Waals surface area contributed by atoms with Crippen molar-refractivity contribution in [3.8, 4) is 5.75 Å². The number of aryl methyl sites for hydroxylation is 1. The summed E-state index contributed by atoms with van der Waals surface area (Å²) in [4.78, 5) is 26.9. The summed E-state index contributed by atoms with van der Waals surface area (Å²) in [7, 11) is 0. The van der Waals surface area contributed by atoms with Gasteiger partial charge in [-0.15, -0.1) is 0 Å². The van der Waals surface area contributed by atoms with Crippen molar-refractivity contribution in [1.29, 1.82) is 0 Å². The molecule has 0 spiro atoms. The van der Waals surface area contributed by atoms with Gasteiger partial charge in [0.2, 0.25) is 0 Å². The van der Waals surface area contributed by atoms with E-state index in [0.717, 1.165) is 22.4 Å². The molecule has 198 valence electrons. The van der Waals surface area contributed by atoms with Crippen molar-refractivity contribution in [1.82, 2.24) is 0 Å². The van der Waals surface area contributed by atoms with Crippen LogP contribution >= 0.6 is 0 Å². The summed E-state index contributed by atoms with van der Waals surface area (Å²) in [5.41, 5.74) is 2.23. The highest BCUT2D eigenvalue weighted by atomic mass is 16.6. The summed E-state index contributed by atoms with van der Waals surface area (Å²) < 4.78 is 0. The van der Waals surface area contributed by atoms with Gasteiger partial charge in [0.1, 0.15) is 17.1 Å². The first-order valence-electron chi connectivity index (χ1n) is 12.2. The lowest BCUT2D eigenvalue weighted by molar-refractivity contribution is -0.393. The third-order valence-electron chi connectivity index (χ3n) is 6.29. The molecule has 0 saturated carbocycles. The Morgan fingerprint density at radius 2 is 1.40 bits per heavy atom. The third kappa shape index (κ3) is 5.41. The summed E-state index contributed by atoms with van der Waals surface area (Å²) >= 11 is 0. The van der Waals surface area contributed by atoms with Gasteiger partial charge in [0.25, 0.3) is 11.4 Å². The number of nitro groups is 2. The number of hydrogen-bond donors (Lipinski definition) is 3. The minimum absolute atomic E-state index is 0.0425. The molecule has 0 aliphatic heterocycles. The molecule has 5 aromatic carbocycles. The maximum Gasteiger partial charge on any atom is 0.299 e. The number of aromatic hydroxyl groups is 1. The van der Waals surface area contributed by atoms with Gasteiger partial charge in [-0.1, -0.05) is 60.2 Å². The number of phenols is 1. The molecule has 10 heteroatoms. The Labute approximate surface area is 228 Å². The molecule has 0 amide bonds. The van der Waals surface area contributed by atoms with Gasteiger partial charge >= 0.3 is 0 Å². The summed E-state index contributed by atoms with van der Waals surface area (Å²) in [5.74, 6) is 0.0609. The number of phenolic OH excluding ortho intramolecular Hbond substituents is 1. The second kappa shape index (κ2) is 10.9. The number of nitrogens with one attached hydrogen (secondary N) is 2. The monoisotopic (exact) mass is 533 g/mol. The van der Waals surface area contributed by atoms with Crippen molar-refractivity contribution in [3.63, 3.8) is 0 Å². The molecule has 0 aromatic heterocycles. The lowest BCUT2D eigenvalue weighted by atomic mass is 10.0. The van der Waals surface area contributed by atoms with Gasteiger partial charge in [0.05, 0.1) is 27.3 Å². The molecule has 5 aromatic rings. The van der Waals surface area contributed by atoms with Crippen LogP contribution in [-0.4, -0.2) is 21.2 Å². The van der Waals surface area contributed by atoms with Crippen LogP contribution in [0.2, 0.25) is 0 Å². The predicted molar refractivity (Wildman–Crippen MR) is 157 cm³/mol. The molecule has 0 fully saturated rings. The molecular weight excluding hydrogens is 510 g/mol. The fourth-order valence-corrected chi connectivity index (χ4v) is 4.26. The fraction of sp³-hybridized carbons (Fsp3) is 0.0333. The Kier molecular flexibility index (Phi) is 7.06. The molecule has 0 aliphatic rings. The molecule has 0 aliphatic carbocycles. The number of hydrogen-bond acceptors (Lipinski definition) is 8. The largest absolute Gasteiger partial charge is 0.507 e. The van der Waals surface area contributed by atoms with E-state index < -0.39 is 21.2 Å². The van der Waals surface area contributed by atoms with Crippen LogP contribution in [0.4, 0.5) is 39.8 Å². The molecule has 5 rings (SSSR count). The highest BCUT2D eigenvalue weighted by Crippen LogP contribution is 2.40. The average Bonchev–Trinajstić information content (AvgIpc) is 2.94. The lowest BCUT2D eigenvalue weighted by Gasteiger charge is -2.13. The zero-order chi connectivity index (χ0) is 28.2. The number of nitro benzene ring substituents is 2. The van der Waals surface area contributed by atoms with Crippen molar-refractivity contribution < 1.29 is 15.0 Å². The lowest BCUT2D eigenvalue weighted by Crippen LogP contribution is -2.03. The second-order valence-electron chi connectivity index (χ2n) is 9.01. The first-order valence-corrected chi connectivity index (χ1v) is 12.2. The molecule has 3 N–H and O–H groups in total. The van der Waals surface area contributed by atoms with Crippen molar-refractivity contribution in [2.75, 3.05) is 10.6 Å². The molecule has 0 unspecified atom stereocenters. The average molecular weight is 534 g/mol. The molecule has 0 bridgehead atoms. The first kappa shape index (κ1) is 25.9. The van der Waals surface area contributed by atoms with Crippen LogP contribution in [0.3, 0.4) is 0 Å². The number of fused-ring (bicyclic) bond motifs is 1. The fourth-order valence-electron chi connectivity index (χ4n) is 4.26. The Bertz CT molecular complexity index is 1780. The number of benzene rings is 5. The molecule has 0 atom stereocenters. The topological polar surface area (TPSA) is 143 Å². The Balaban J connectivity index is 1.55. The zero-order valence-corrected chi connectivity index (χ0v) is 21.2. The SMILES string of the molecule is Cc1ccc(Nc2cc(Nc3ccccc3N=Cc3c(O)ccc4ccccc34)c([N+](=O)[O-])cc2[N+](=O)[O-])cc1. The molecule has 0 radical (unpaired) electrons. The van der Waals surface area contributed by atoms with Crippen LogP contribution in [-0.2, 0) is 0 Å². The van der Waals surface area contributed by atoms with Gasteiger partial charge in [0.15, 0.2) is 0 Å². The molecule has 40 heavy (non-hydrogen) atoms. The number of nitrogens with zero attached hydrogens (tertiary/aromatic N) is 3. The van der Waals surface area contributed by atoms with E-state index in [2.05, 4.69) is 15.6 Å². The summed E-state index contributed by atoms with van der Waals surface area (Å²) in [6, 6.07) is 27.4. The molecule has 0 saturated heterocycles. The Morgan fingerprint density at radius 3 is 2.12 bits per heavy atom. The first-order chi connectivity index (χ1) is 19.3. The van der Waals surface area contributed by atoms with Crippen LogP contribution in [0.25, 0.3) is 10.8 Å². The van der Waals surface area contributed by atoms with Crippen molar-refractivity contribution in [2.45, 2.75) is 6.92 Å². The number of para-hydroxylation sites is 2. The number of aliphatic imine (C=N–C) groups is 1. The van der Waals surface area contributed by atoms with E-state index in [0.29, 0.717) is 22.6 Å². The van der Waals surface area contributed by atoms with E-state index in [1.165, 1.54) is 12.3 Å². The van der Waals surface area contributed by atoms with Gasteiger partial charge in [0, 0.05) is 17.5 Å². The second-order valence-corrected chi connectivity index (χ2v) is 9.01. The predicted octanol–water partition coefficient (Wildman–Crippen LogP) is 7.91. The maximum absolute atomic E-state index is 11.9. The minimum atomic E-state index is -0.676. The molecular formula is C30H23N5O5. The normalized spacial score (nSPS) is 11.0. The van der Waals surface area contributed by atoms with Gasteiger partial charge in [-0.25, -0.2) is 0 Å². The van der Waals surface area contributed by atoms with Crippen molar-refractivity contribution in [3.05, 3.63) is 128 Å². The van der Waals surface area contributed by atoms with Crippen LogP contribution in [0.1, 0.15) is 11.1 Å². The van der Waals surface area contributed by atoms with Gasteiger partial charge < -0.3 is 15.7 Å². The molecule has 0 heterocycles. The van der Waals surface area contributed by atoms with E-state index in [1.807, 2.05) is 49.4 Å². The third-order valence-corrected chi connectivity index (χ3v) is 6.29. The smallest absolute Gasteiger partial charge is 0.299 e. The van der Waals surface area contributed by atoms with Crippen LogP contribution in [0.5, 0.6) is 5.75 Å². The summed E-state index contributed by atoms with van der Waals surface area (Å²) in [5, 5.41) is 42.0. The summed E-state index contributed by atoms with van der Waals surface area (Å²) in [6.07, 6.45) is 1.53. The Morgan fingerprint density at radius 1 is 0.750 bits per heavy atom. The number of anilines is 4. The number of rotatable bonds is 8. The highest BCUT2D eigenvalue weighted by molar-refractivity contribution is 6.03. The van der Waals surface area contributed by atoms with Gasteiger partial charge in [-0.2, -0.15) is 0 Å². The Hall–Kier alpha value is -5.77. The van der Waals surface area contributed by atoms with E-state index in [9.17, 15) is 25.3 Å². The van der Waals surface area contributed by atoms with E-state index in [1.54, 1.807) is 42.5 Å². The van der Waals surface area contributed by atoms with Crippen LogP contribution in [0.15, 0.2) is 102 Å². The van der Waals surface area contributed by atoms with Crippen LogP contribution in [0, 0.1) is 27.2 Å². The van der Waals surface area contributed by atoms with Crippen LogP contribution < -0.4 is 10.6 Å². The van der Waals surface area contributed by atoms with Crippen molar-refractivity contribution in [2.24, 2.45) is 4.99 Å². The van der Waals surface area contributed by atoms with Gasteiger partial charge in [-0.3, -0.25) is 25.2 Å². The van der Waals surface area contributed by atoms with E-state index in [-0.39, 0.29) is 17.1 Å². The van der Waals surface area contributed by atoms with E-state index in [4.69, 9.17) is 0 Å². The summed E-state index contributed by atoms with van der Waals surface area (Å²) in [6.45, 7) is 1.92. The quantitative estimate of drug-likeness (QED) is 0.104. The van der Waals surface area contributed by atoms with Crippen molar-refractivity contribution >= 4 is 56.8 Å². The maximum atomic E-state index is 11.9. The minimum Gasteiger partial charge on any atom is -0.507 e. The van der Waals surface area contributed by atoms with E-state index >= 15 is 0 Å². The zero-order valence-electron chi connectivity index (χ0n) is 21.2.